The van der Waals surface area contributed by atoms with Crippen molar-refractivity contribution in [2.75, 3.05) is 25.6 Å². The molecule has 0 aliphatic carbocycles. The fourth-order valence-electron chi connectivity index (χ4n) is 1.20. The Labute approximate surface area is 103 Å². The molecule has 0 bridgehead atoms. The van der Waals surface area contributed by atoms with Crippen molar-refractivity contribution < 1.29 is 19.4 Å². The lowest BCUT2D eigenvalue weighted by Crippen LogP contribution is -2.19. The molecule has 1 N–H and O–H groups in total. The molecule has 0 fully saturated rings. The predicted molar refractivity (Wildman–Crippen MR) is 63.6 cm³/mol. The molecule has 0 aromatic carbocycles. The van der Waals surface area contributed by atoms with Crippen molar-refractivity contribution in [3.63, 3.8) is 0 Å². The zero-order valence-corrected chi connectivity index (χ0v) is 10.5. The molecule has 1 aromatic rings. The molecule has 94 valence electrons. The number of aromatic carboxylic acids is 1. The van der Waals surface area contributed by atoms with E-state index in [1.807, 2.05) is 11.9 Å². The van der Waals surface area contributed by atoms with E-state index < -0.39 is 5.97 Å². The lowest BCUT2D eigenvalue weighted by Gasteiger charge is -2.14. The largest absolute Gasteiger partial charge is 0.477 e. The number of nitrogens with zero attached hydrogens (tertiary/aromatic N) is 2. The van der Waals surface area contributed by atoms with Crippen molar-refractivity contribution in [3.8, 4) is 0 Å². The van der Waals surface area contributed by atoms with Gasteiger partial charge in [0.05, 0.1) is 13.3 Å². The van der Waals surface area contributed by atoms with Gasteiger partial charge >= 0.3 is 11.9 Å². The van der Waals surface area contributed by atoms with Crippen LogP contribution in [-0.2, 0) is 9.53 Å². The summed E-state index contributed by atoms with van der Waals surface area (Å²) in [6.07, 6.45) is 2.32. The third kappa shape index (κ3) is 4.03. The van der Waals surface area contributed by atoms with Gasteiger partial charge < -0.3 is 14.7 Å². The van der Waals surface area contributed by atoms with E-state index in [0.717, 1.165) is 11.3 Å². The predicted octanol–water partition coefficient (Wildman–Crippen LogP) is 1.23. The van der Waals surface area contributed by atoms with Crippen molar-refractivity contribution >= 4 is 28.4 Å². The highest BCUT2D eigenvalue weighted by molar-refractivity contribution is 7.17. The molecule has 7 heteroatoms. The molecular weight excluding hydrogens is 244 g/mol. The third-order valence-corrected chi connectivity index (χ3v) is 3.23. The summed E-state index contributed by atoms with van der Waals surface area (Å²) in [7, 11) is 3.16. The number of rotatable bonds is 6. The van der Waals surface area contributed by atoms with Crippen LogP contribution in [0.15, 0.2) is 6.20 Å². The Balaban J connectivity index is 2.43. The van der Waals surface area contributed by atoms with Gasteiger partial charge in [0.2, 0.25) is 0 Å². The maximum Gasteiger partial charge on any atom is 0.347 e. The van der Waals surface area contributed by atoms with Crippen molar-refractivity contribution in [1.29, 1.82) is 0 Å². The van der Waals surface area contributed by atoms with Crippen LogP contribution in [0, 0.1) is 0 Å². The Morgan fingerprint density at radius 1 is 1.59 bits per heavy atom. The van der Waals surface area contributed by atoms with E-state index in [2.05, 4.69) is 9.72 Å². The van der Waals surface area contributed by atoms with Crippen LogP contribution in [-0.4, -0.2) is 42.7 Å². The van der Waals surface area contributed by atoms with E-state index in [9.17, 15) is 9.59 Å². The normalized spacial score (nSPS) is 10.0. The van der Waals surface area contributed by atoms with Gasteiger partial charge in [-0.3, -0.25) is 4.79 Å². The van der Waals surface area contributed by atoms with E-state index in [-0.39, 0.29) is 10.8 Å². The molecular formula is C10H14N2O4S. The van der Waals surface area contributed by atoms with E-state index in [1.54, 1.807) is 0 Å². The summed E-state index contributed by atoms with van der Waals surface area (Å²) in [5.41, 5.74) is 0. The van der Waals surface area contributed by atoms with E-state index in [4.69, 9.17) is 5.11 Å². The van der Waals surface area contributed by atoms with Gasteiger partial charge in [-0.1, -0.05) is 11.3 Å². The number of carbonyl (C=O) groups is 2. The molecule has 6 nitrogen and oxygen atoms in total. The summed E-state index contributed by atoms with van der Waals surface area (Å²) in [5.74, 6) is -1.22. The minimum atomic E-state index is -0.975. The lowest BCUT2D eigenvalue weighted by atomic mass is 10.3. The Hall–Kier alpha value is -1.63. The summed E-state index contributed by atoms with van der Waals surface area (Å²) < 4.78 is 4.53. The second kappa shape index (κ2) is 6.19. The first-order valence-electron chi connectivity index (χ1n) is 5.01. The van der Waals surface area contributed by atoms with Gasteiger partial charge in [-0.25, -0.2) is 9.78 Å². The number of hydrogen-bond donors (Lipinski definition) is 1. The molecule has 0 saturated heterocycles. The van der Waals surface area contributed by atoms with Gasteiger partial charge in [-0.2, -0.15) is 0 Å². The van der Waals surface area contributed by atoms with Gasteiger partial charge in [0, 0.05) is 20.0 Å². The van der Waals surface area contributed by atoms with Crippen LogP contribution in [0.1, 0.15) is 22.5 Å². The van der Waals surface area contributed by atoms with Crippen molar-refractivity contribution in [3.05, 3.63) is 11.1 Å². The second-order valence-corrected chi connectivity index (χ2v) is 4.42. The van der Waals surface area contributed by atoms with Gasteiger partial charge in [-0.15, -0.1) is 0 Å². The molecule has 1 aromatic heterocycles. The maximum atomic E-state index is 10.9. The van der Waals surface area contributed by atoms with E-state index in [1.165, 1.54) is 13.3 Å². The highest BCUT2D eigenvalue weighted by Gasteiger charge is 2.11. The average Bonchev–Trinajstić information content (AvgIpc) is 2.78. The summed E-state index contributed by atoms with van der Waals surface area (Å²) >= 11 is 1.11. The van der Waals surface area contributed by atoms with Crippen LogP contribution in [0.3, 0.4) is 0 Å². The number of esters is 1. The Morgan fingerprint density at radius 2 is 2.29 bits per heavy atom. The molecule has 0 amide bonds. The number of anilines is 1. The van der Waals surface area contributed by atoms with Gasteiger partial charge in [0.15, 0.2) is 5.13 Å². The molecule has 17 heavy (non-hydrogen) atoms. The van der Waals surface area contributed by atoms with Crippen LogP contribution in [0.2, 0.25) is 0 Å². The molecule has 0 spiro atoms. The van der Waals surface area contributed by atoms with Crippen LogP contribution in [0.25, 0.3) is 0 Å². The molecule has 1 rings (SSSR count). The van der Waals surface area contributed by atoms with Crippen molar-refractivity contribution in [2.24, 2.45) is 0 Å². The molecule has 0 saturated carbocycles. The smallest absolute Gasteiger partial charge is 0.347 e. The fourth-order valence-corrected chi connectivity index (χ4v) is 1.94. The van der Waals surface area contributed by atoms with Crippen LogP contribution >= 0.6 is 11.3 Å². The standard InChI is InChI=1S/C10H14N2O4S/c1-12(5-3-4-8(13)16-2)10-11-6-7(17-10)9(14)15/h6H,3-5H2,1-2H3,(H,14,15). The van der Waals surface area contributed by atoms with Crippen LogP contribution in [0.4, 0.5) is 5.13 Å². The van der Waals surface area contributed by atoms with Crippen molar-refractivity contribution in [2.45, 2.75) is 12.8 Å². The number of thiazole rings is 1. The number of carboxylic acids is 1. The number of hydrogen-bond acceptors (Lipinski definition) is 6. The van der Waals surface area contributed by atoms with E-state index >= 15 is 0 Å². The Kier molecular flexibility index (Phi) is 4.89. The van der Waals surface area contributed by atoms with Gasteiger partial charge in [0.1, 0.15) is 4.88 Å². The van der Waals surface area contributed by atoms with Gasteiger partial charge in [0.25, 0.3) is 0 Å². The number of aromatic nitrogens is 1. The number of ether oxygens (including phenoxy) is 1. The SMILES string of the molecule is COC(=O)CCCN(C)c1ncc(C(=O)O)s1. The zero-order chi connectivity index (χ0) is 12.8. The van der Waals surface area contributed by atoms with E-state index in [0.29, 0.717) is 24.5 Å². The van der Waals surface area contributed by atoms with Crippen LogP contribution in [0.5, 0.6) is 0 Å². The topological polar surface area (TPSA) is 79.7 Å². The van der Waals surface area contributed by atoms with Crippen molar-refractivity contribution in [1.82, 2.24) is 4.98 Å². The average molecular weight is 258 g/mol. The lowest BCUT2D eigenvalue weighted by molar-refractivity contribution is -0.140. The Bertz CT molecular complexity index is 405. The molecule has 0 aliphatic heterocycles. The first kappa shape index (κ1) is 13.4. The molecule has 0 aliphatic rings. The summed E-state index contributed by atoms with van der Waals surface area (Å²) in [6.45, 7) is 0.627. The fraction of sp³-hybridized carbons (Fsp3) is 0.500. The summed E-state index contributed by atoms with van der Waals surface area (Å²) in [5, 5.41) is 9.38. The first-order chi connectivity index (χ1) is 8.04. The minimum absolute atomic E-state index is 0.208. The van der Waals surface area contributed by atoms with Crippen LogP contribution < -0.4 is 4.90 Å². The highest BCUT2D eigenvalue weighted by atomic mass is 32.1. The molecule has 0 radical (unpaired) electrons. The Morgan fingerprint density at radius 3 is 2.82 bits per heavy atom. The molecule has 0 atom stereocenters. The second-order valence-electron chi connectivity index (χ2n) is 3.41. The quantitative estimate of drug-likeness (QED) is 0.773. The number of carboxylic acid groups (broad SMARTS) is 1. The monoisotopic (exact) mass is 258 g/mol. The summed E-state index contributed by atoms with van der Waals surface area (Å²) in [6, 6.07) is 0. The number of carbonyl (C=O) groups excluding carboxylic acids is 1. The first-order valence-corrected chi connectivity index (χ1v) is 5.83. The van der Waals surface area contributed by atoms with Gasteiger partial charge in [-0.05, 0) is 6.42 Å². The minimum Gasteiger partial charge on any atom is -0.477 e. The highest BCUT2D eigenvalue weighted by Crippen LogP contribution is 2.21. The third-order valence-electron chi connectivity index (χ3n) is 2.13. The maximum absolute atomic E-state index is 10.9. The molecule has 1 heterocycles. The number of methoxy groups -OCH3 is 1. The molecule has 0 unspecified atom stereocenters. The summed E-state index contributed by atoms with van der Waals surface area (Å²) in [4.78, 5) is 27.6. The zero-order valence-electron chi connectivity index (χ0n) is 9.67.